The molecule has 1 aromatic rings. The molecule has 0 atom stereocenters. The van der Waals surface area contributed by atoms with E-state index in [1.54, 1.807) is 0 Å². The Labute approximate surface area is 115 Å². The zero-order valence-corrected chi connectivity index (χ0v) is 10.5. The highest BCUT2D eigenvalue weighted by Crippen LogP contribution is 2.33. The molecule has 21 heavy (non-hydrogen) atoms. The summed E-state index contributed by atoms with van der Waals surface area (Å²) in [6.45, 7) is 0. The zero-order chi connectivity index (χ0) is 16.0. The smallest absolute Gasteiger partial charge is 0.493 e. The van der Waals surface area contributed by atoms with Gasteiger partial charge in [-0.15, -0.1) is 13.2 Å². The third-order valence-electron chi connectivity index (χ3n) is 2.09. The molecule has 0 saturated carbocycles. The normalized spacial score (nSPS) is 11.5. The number of rotatable bonds is 5. The maximum absolute atomic E-state index is 12.2. The summed E-state index contributed by atoms with van der Waals surface area (Å²) in [4.78, 5) is 13.1. The van der Waals surface area contributed by atoms with Crippen molar-refractivity contribution in [2.24, 2.45) is 5.11 Å². The number of alkyl halides is 3. The molecule has 1 rings (SSSR count). The van der Waals surface area contributed by atoms with Crippen LogP contribution in [0.4, 0.5) is 13.2 Å². The molecule has 0 aliphatic rings. The van der Waals surface area contributed by atoms with Crippen LogP contribution in [0.15, 0.2) is 29.0 Å². The maximum atomic E-state index is 12.2. The van der Waals surface area contributed by atoms with Gasteiger partial charge in [-0.05, 0) is 29.3 Å². The molecular weight excluding hydrogens is 295 g/mol. The lowest BCUT2D eigenvalue weighted by molar-refractivity contribution is -0.275. The predicted molar refractivity (Wildman–Crippen MR) is 64.4 cm³/mol. The molecule has 0 aromatic heterocycles. The van der Waals surface area contributed by atoms with E-state index in [4.69, 9.17) is 15.4 Å². The molecule has 0 unspecified atom stereocenters. The number of carboxylic acids is 1. The van der Waals surface area contributed by atoms with Crippen molar-refractivity contribution in [2.75, 3.05) is 7.11 Å². The van der Waals surface area contributed by atoms with Gasteiger partial charge in [-0.2, -0.15) is 0 Å². The number of hydrogen-bond donors (Lipinski definition) is 1. The third-order valence-corrected chi connectivity index (χ3v) is 2.09. The number of carbonyl (C=O) groups is 1. The molecular formula is C11H8F3N3O4. The van der Waals surface area contributed by atoms with Crippen LogP contribution < -0.4 is 9.47 Å². The van der Waals surface area contributed by atoms with Gasteiger partial charge in [0, 0.05) is 4.91 Å². The van der Waals surface area contributed by atoms with Gasteiger partial charge in [0.15, 0.2) is 11.5 Å². The SMILES string of the molecule is COc1cc(/C=C(/N=[N+]=[N-])C(=O)O)ccc1OC(F)(F)F. The minimum atomic E-state index is -4.89. The average Bonchev–Trinajstić information content (AvgIpc) is 2.38. The minimum Gasteiger partial charge on any atom is -0.493 e. The molecule has 0 radical (unpaired) electrons. The molecule has 0 aliphatic carbocycles. The number of aliphatic carboxylic acids is 1. The summed E-state index contributed by atoms with van der Waals surface area (Å²) in [5.41, 5.74) is 7.76. The number of halogens is 3. The summed E-state index contributed by atoms with van der Waals surface area (Å²) in [5, 5.41) is 11.7. The molecule has 0 aliphatic heterocycles. The number of benzene rings is 1. The number of nitrogens with zero attached hydrogens (tertiary/aromatic N) is 3. The van der Waals surface area contributed by atoms with E-state index in [1.807, 2.05) is 0 Å². The van der Waals surface area contributed by atoms with Crippen LogP contribution in [-0.2, 0) is 4.79 Å². The molecule has 1 aromatic carbocycles. The molecule has 0 spiro atoms. The van der Waals surface area contributed by atoms with Crippen molar-refractivity contribution in [1.82, 2.24) is 0 Å². The minimum absolute atomic E-state index is 0.158. The highest BCUT2D eigenvalue weighted by atomic mass is 19.4. The molecule has 0 saturated heterocycles. The van der Waals surface area contributed by atoms with E-state index in [9.17, 15) is 18.0 Å². The molecule has 112 valence electrons. The lowest BCUT2D eigenvalue weighted by atomic mass is 10.1. The van der Waals surface area contributed by atoms with Crippen LogP contribution in [0.5, 0.6) is 11.5 Å². The van der Waals surface area contributed by atoms with Gasteiger partial charge in [0.05, 0.1) is 7.11 Å². The third kappa shape index (κ3) is 4.96. The van der Waals surface area contributed by atoms with Crippen molar-refractivity contribution in [1.29, 1.82) is 0 Å². The van der Waals surface area contributed by atoms with Crippen LogP contribution in [0.2, 0.25) is 0 Å². The van der Waals surface area contributed by atoms with E-state index in [-0.39, 0.29) is 11.3 Å². The summed E-state index contributed by atoms with van der Waals surface area (Å²) in [6.07, 6.45) is -3.91. The van der Waals surface area contributed by atoms with Gasteiger partial charge in [0.1, 0.15) is 5.70 Å². The van der Waals surface area contributed by atoms with E-state index in [1.165, 1.54) is 0 Å². The molecule has 7 nitrogen and oxygen atoms in total. The first-order chi connectivity index (χ1) is 9.76. The standard InChI is InChI=1S/C11H8F3N3O4/c1-20-9-5-6(4-7(10(18)19)16-17-15)2-3-8(9)21-11(12,13)14/h2-5H,1H3,(H,18,19)/b7-4+. The Kier molecular flexibility index (Phi) is 5.03. The van der Waals surface area contributed by atoms with Crippen molar-refractivity contribution in [3.05, 3.63) is 39.9 Å². The summed E-state index contributed by atoms with van der Waals surface area (Å²) in [7, 11) is 1.12. The fourth-order valence-electron chi connectivity index (χ4n) is 1.32. The predicted octanol–water partition coefficient (Wildman–Crippen LogP) is 3.33. The second kappa shape index (κ2) is 6.53. The Hall–Kier alpha value is -2.87. The van der Waals surface area contributed by atoms with E-state index in [2.05, 4.69) is 14.8 Å². The van der Waals surface area contributed by atoms with Gasteiger partial charge >= 0.3 is 12.3 Å². The molecule has 0 bridgehead atoms. The van der Waals surface area contributed by atoms with Gasteiger partial charge in [-0.1, -0.05) is 11.2 Å². The number of methoxy groups -OCH3 is 1. The Morgan fingerprint density at radius 1 is 1.43 bits per heavy atom. The van der Waals surface area contributed by atoms with E-state index >= 15 is 0 Å². The van der Waals surface area contributed by atoms with Gasteiger partial charge in [-0.25, -0.2) is 4.79 Å². The van der Waals surface area contributed by atoms with E-state index in [0.29, 0.717) is 0 Å². The lowest BCUT2D eigenvalue weighted by Crippen LogP contribution is -2.17. The van der Waals surface area contributed by atoms with Crippen LogP contribution in [-0.4, -0.2) is 24.5 Å². The fraction of sp³-hybridized carbons (Fsp3) is 0.182. The molecule has 1 N–H and O–H groups in total. The highest BCUT2D eigenvalue weighted by molar-refractivity contribution is 5.91. The van der Waals surface area contributed by atoms with Crippen molar-refractivity contribution >= 4 is 12.0 Å². The topological polar surface area (TPSA) is 105 Å². The van der Waals surface area contributed by atoms with Crippen molar-refractivity contribution < 1.29 is 32.5 Å². The zero-order valence-electron chi connectivity index (χ0n) is 10.5. The Morgan fingerprint density at radius 2 is 2.10 bits per heavy atom. The number of azide groups is 1. The fourth-order valence-corrected chi connectivity index (χ4v) is 1.32. The van der Waals surface area contributed by atoms with Gasteiger partial charge in [-0.3, -0.25) is 0 Å². The Morgan fingerprint density at radius 3 is 2.57 bits per heavy atom. The second-order valence-electron chi connectivity index (χ2n) is 3.48. The van der Waals surface area contributed by atoms with Gasteiger partial charge in [0.25, 0.3) is 0 Å². The number of ether oxygens (including phenoxy) is 2. The second-order valence-corrected chi connectivity index (χ2v) is 3.48. The van der Waals surface area contributed by atoms with Crippen LogP contribution in [0, 0.1) is 0 Å². The molecule has 0 heterocycles. The van der Waals surface area contributed by atoms with Crippen molar-refractivity contribution in [3.8, 4) is 11.5 Å². The first kappa shape index (κ1) is 16.2. The molecule has 0 amide bonds. The highest BCUT2D eigenvalue weighted by Gasteiger charge is 2.32. The Bertz CT molecular complexity index is 618. The van der Waals surface area contributed by atoms with Gasteiger partial charge < -0.3 is 14.6 Å². The summed E-state index contributed by atoms with van der Waals surface area (Å²) in [5.74, 6) is -2.32. The molecule has 0 fully saturated rings. The molecule has 10 heteroatoms. The summed E-state index contributed by atoms with van der Waals surface area (Å²) >= 11 is 0. The summed E-state index contributed by atoms with van der Waals surface area (Å²) in [6, 6.07) is 3.21. The quantitative estimate of drug-likeness (QED) is 0.390. The van der Waals surface area contributed by atoms with E-state index in [0.717, 1.165) is 31.4 Å². The number of carboxylic acid groups (broad SMARTS) is 1. The largest absolute Gasteiger partial charge is 0.573 e. The van der Waals surface area contributed by atoms with Crippen LogP contribution in [0.25, 0.3) is 16.5 Å². The Balaban J connectivity index is 3.21. The van der Waals surface area contributed by atoms with E-state index < -0.39 is 23.8 Å². The van der Waals surface area contributed by atoms with Crippen LogP contribution in [0.1, 0.15) is 5.56 Å². The van der Waals surface area contributed by atoms with Crippen molar-refractivity contribution in [2.45, 2.75) is 6.36 Å². The lowest BCUT2D eigenvalue weighted by Gasteiger charge is -2.12. The van der Waals surface area contributed by atoms with Gasteiger partial charge in [0.2, 0.25) is 0 Å². The van der Waals surface area contributed by atoms with Crippen molar-refractivity contribution in [3.63, 3.8) is 0 Å². The summed E-state index contributed by atoms with van der Waals surface area (Å²) < 4.78 is 44.9. The van der Waals surface area contributed by atoms with Crippen LogP contribution >= 0.6 is 0 Å². The monoisotopic (exact) mass is 303 g/mol. The average molecular weight is 303 g/mol. The first-order valence-electron chi connectivity index (χ1n) is 5.20. The number of hydrogen-bond acceptors (Lipinski definition) is 4. The maximum Gasteiger partial charge on any atom is 0.573 e. The van der Waals surface area contributed by atoms with Crippen LogP contribution in [0.3, 0.4) is 0 Å². The first-order valence-corrected chi connectivity index (χ1v) is 5.20.